The molecule has 4 rings (SSSR count). The van der Waals surface area contributed by atoms with Crippen LogP contribution in [0, 0.1) is 27.2 Å². The van der Waals surface area contributed by atoms with Gasteiger partial charge in [-0.2, -0.15) is 0 Å². The number of benzene rings is 2. The van der Waals surface area contributed by atoms with Crippen LogP contribution in [0.2, 0.25) is 0 Å². The fourth-order valence-corrected chi connectivity index (χ4v) is 4.14. The molecule has 0 unspecified atom stereocenters. The Morgan fingerprint density at radius 1 is 1.03 bits per heavy atom. The number of amides is 2. The highest BCUT2D eigenvalue weighted by Gasteiger charge is 2.36. The molecule has 2 amide bonds. The van der Waals surface area contributed by atoms with E-state index in [1.165, 1.54) is 36.4 Å². The van der Waals surface area contributed by atoms with Crippen molar-refractivity contribution in [2.24, 2.45) is 0 Å². The number of imide groups is 1. The molecule has 1 saturated heterocycles. The number of aryl methyl sites for hydroxylation is 1. The Hall–Kier alpha value is -4.25. The van der Waals surface area contributed by atoms with E-state index in [1.54, 1.807) is 31.2 Å². The molecular weight excluding hydrogens is 450 g/mol. The molecule has 0 bridgehead atoms. The monoisotopic (exact) mass is 465 g/mol. The lowest BCUT2D eigenvalue weighted by molar-refractivity contribution is -0.385. The summed E-state index contributed by atoms with van der Waals surface area (Å²) in [7, 11) is 0. The van der Waals surface area contributed by atoms with Gasteiger partial charge in [-0.15, -0.1) is 0 Å². The minimum atomic E-state index is -0.590. The summed E-state index contributed by atoms with van der Waals surface area (Å²) in [6.45, 7) is 1.56. The zero-order valence-electron chi connectivity index (χ0n) is 17.1. The first-order chi connectivity index (χ1) is 15.7. The third-order valence-corrected chi connectivity index (χ3v) is 5.90. The van der Waals surface area contributed by atoms with Crippen LogP contribution in [0.15, 0.2) is 63.9 Å². The molecule has 2 heterocycles. The van der Waals surface area contributed by atoms with E-state index >= 15 is 0 Å². The van der Waals surface area contributed by atoms with Gasteiger partial charge in [-0.05, 0) is 36.4 Å². The second kappa shape index (κ2) is 8.71. The molecule has 1 aliphatic heterocycles. The standard InChI is InChI=1S/C22H15N3O7S/c1-13-6-7-15(24(28)29)10-17(13)19-9-8-16(32-19)11-20-21(26)23(22(27)33-20)12-14-4-2-3-5-18(14)25(30)31/h2-11H,12H2,1H3/b20-11-. The van der Waals surface area contributed by atoms with E-state index < -0.39 is 21.0 Å². The molecule has 1 fully saturated rings. The van der Waals surface area contributed by atoms with Gasteiger partial charge in [-0.3, -0.25) is 34.7 Å². The molecule has 0 spiro atoms. The maximum absolute atomic E-state index is 12.8. The summed E-state index contributed by atoms with van der Waals surface area (Å²) >= 11 is 0.704. The van der Waals surface area contributed by atoms with Crippen molar-refractivity contribution in [1.82, 2.24) is 4.90 Å². The Morgan fingerprint density at radius 3 is 2.52 bits per heavy atom. The zero-order chi connectivity index (χ0) is 23.7. The smallest absolute Gasteiger partial charge is 0.293 e. The van der Waals surface area contributed by atoms with Gasteiger partial charge in [0.2, 0.25) is 0 Å². The van der Waals surface area contributed by atoms with Gasteiger partial charge < -0.3 is 4.42 Å². The highest BCUT2D eigenvalue weighted by molar-refractivity contribution is 8.18. The average molecular weight is 465 g/mol. The third kappa shape index (κ3) is 4.39. The summed E-state index contributed by atoms with van der Waals surface area (Å²) < 4.78 is 5.75. The van der Waals surface area contributed by atoms with Crippen LogP contribution in [0.3, 0.4) is 0 Å². The highest BCUT2D eigenvalue weighted by Crippen LogP contribution is 2.36. The number of nitro groups is 2. The maximum atomic E-state index is 12.8. The van der Waals surface area contributed by atoms with E-state index in [0.717, 1.165) is 10.5 Å². The van der Waals surface area contributed by atoms with Crippen molar-refractivity contribution in [2.45, 2.75) is 13.5 Å². The second-order valence-corrected chi connectivity index (χ2v) is 8.11. The Labute approximate surface area is 190 Å². The van der Waals surface area contributed by atoms with Gasteiger partial charge >= 0.3 is 0 Å². The van der Waals surface area contributed by atoms with Crippen LogP contribution in [0.5, 0.6) is 0 Å². The number of hydrogen-bond donors (Lipinski definition) is 0. The van der Waals surface area contributed by atoms with Crippen LogP contribution in [0.4, 0.5) is 16.2 Å². The topological polar surface area (TPSA) is 137 Å². The molecule has 0 saturated carbocycles. The van der Waals surface area contributed by atoms with E-state index in [4.69, 9.17) is 4.42 Å². The predicted molar refractivity (Wildman–Crippen MR) is 120 cm³/mol. The van der Waals surface area contributed by atoms with Gasteiger partial charge in [0.05, 0.1) is 21.3 Å². The molecule has 1 aliphatic rings. The zero-order valence-corrected chi connectivity index (χ0v) is 17.9. The van der Waals surface area contributed by atoms with Crippen LogP contribution >= 0.6 is 11.8 Å². The fraction of sp³-hybridized carbons (Fsp3) is 0.0909. The van der Waals surface area contributed by atoms with Crippen LogP contribution in [-0.2, 0) is 11.3 Å². The van der Waals surface area contributed by atoms with E-state index in [-0.39, 0.29) is 34.1 Å². The van der Waals surface area contributed by atoms with Crippen molar-refractivity contribution in [3.8, 4) is 11.3 Å². The molecule has 0 atom stereocenters. The second-order valence-electron chi connectivity index (χ2n) is 7.11. The SMILES string of the molecule is Cc1ccc([N+](=O)[O-])cc1-c1ccc(/C=C2\SC(=O)N(Cc3ccccc3[N+](=O)[O-])C2=O)o1. The van der Waals surface area contributed by atoms with Crippen molar-refractivity contribution >= 4 is 40.4 Å². The molecule has 11 heteroatoms. The lowest BCUT2D eigenvalue weighted by Gasteiger charge is -2.12. The van der Waals surface area contributed by atoms with Gasteiger partial charge in [-0.25, -0.2) is 0 Å². The third-order valence-electron chi connectivity index (χ3n) is 4.99. The number of para-hydroxylation sites is 1. The predicted octanol–water partition coefficient (Wildman–Crippen LogP) is 5.31. The summed E-state index contributed by atoms with van der Waals surface area (Å²) in [5.41, 5.74) is 1.29. The van der Waals surface area contributed by atoms with Crippen molar-refractivity contribution in [3.05, 3.63) is 96.6 Å². The summed E-state index contributed by atoms with van der Waals surface area (Å²) in [6, 6.07) is 13.5. The number of carbonyl (C=O) groups is 2. The van der Waals surface area contributed by atoms with E-state index in [2.05, 4.69) is 0 Å². The number of nitro benzene ring substituents is 2. The molecular formula is C22H15N3O7S. The van der Waals surface area contributed by atoms with Crippen LogP contribution in [-0.4, -0.2) is 25.9 Å². The largest absolute Gasteiger partial charge is 0.457 e. The van der Waals surface area contributed by atoms with E-state index in [0.29, 0.717) is 23.1 Å². The van der Waals surface area contributed by atoms with E-state index in [1.807, 2.05) is 0 Å². The van der Waals surface area contributed by atoms with Crippen LogP contribution in [0.1, 0.15) is 16.9 Å². The van der Waals surface area contributed by atoms with Gasteiger partial charge in [0.25, 0.3) is 22.5 Å². The first kappa shape index (κ1) is 22.0. The number of carbonyl (C=O) groups excluding carboxylic acids is 2. The Balaban J connectivity index is 1.58. The molecule has 10 nitrogen and oxygen atoms in total. The van der Waals surface area contributed by atoms with Gasteiger partial charge in [0, 0.05) is 35.4 Å². The van der Waals surface area contributed by atoms with Crippen LogP contribution < -0.4 is 0 Å². The summed E-state index contributed by atoms with van der Waals surface area (Å²) in [5.74, 6) is 0.0707. The first-order valence-corrected chi connectivity index (χ1v) is 10.4. The van der Waals surface area contributed by atoms with Gasteiger partial charge in [-0.1, -0.05) is 24.3 Å². The molecule has 3 aromatic rings. The summed E-state index contributed by atoms with van der Waals surface area (Å²) in [4.78, 5) is 47.5. The van der Waals surface area contributed by atoms with Gasteiger partial charge in [0.1, 0.15) is 11.5 Å². The molecule has 0 aliphatic carbocycles. The Kier molecular flexibility index (Phi) is 5.80. The molecule has 1 aromatic heterocycles. The number of rotatable bonds is 6. The number of nitrogens with zero attached hydrogens (tertiary/aromatic N) is 3. The minimum Gasteiger partial charge on any atom is -0.457 e. The molecule has 0 radical (unpaired) electrons. The molecule has 33 heavy (non-hydrogen) atoms. The highest BCUT2D eigenvalue weighted by atomic mass is 32.2. The van der Waals surface area contributed by atoms with Gasteiger partial charge in [0.15, 0.2) is 0 Å². The normalized spacial score (nSPS) is 14.8. The molecule has 2 aromatic carbocycles. The number of thioether (sulfide) groups is 1. The van der Waals surface area contributed by atoms with Crippen molar-refractivity contribution in [1.29, 1.82) is 0 Å². The van der Waals surface area contributed by atoms with E-state index in [9.17, 15) is 29.8 Å². The fourth-order valence-electron chi connectivity index (χ4n) is 3.32. The van der Waals surface area contributed by atoms with Crippen molar-refractivity contribution < 1.29 is 23.9 Å². The molecule has 166 valence electrons. The number of non-ortho nitro benzene ring substituents is 1. The number of furan rings is 1. The maximum Gasteiger partial charge on any atom is 0.293 e. The summed E-state index contributed by atoms with van der Waals surface area (Å²) in [5, 5.41) is 21.7. The lowest BCUT2D eigenvalue weighted by atomic mass is 10.1. The quantitative estimate of drug-likeness (QED) is 0.271. The summed E-state index contributed by atoms with van der Waals surface area (Å²) in [6.07, 6.45) is 1.40. The number of hydrogen-bond acceptors (Lipinski definition) is 8. The van der Waals surface area contributed by atoms with Crippen LogP contribution in [0.25, 0.3) is 17.4 Å². The minimum absolute atomic E-state index is 0.0790. The average Bonchev–Trinajstić information content (AvgIpc) is 3.34. The lowest BCUT2D eigenvalue weighted by Crippen LogP contribution is -2.27. The first-order valence-electron chi connectivity index (χ1n) is 9.57. The van der Waals surface area contributed by atoms with Crippen molar-refractivity contribution in [3.63, 3.8) is 0 Å². The Bertz CT molecular complexity index is 1350. The molecule has 0 N–H and O–H groups in total. The van der Waals surface area contributed by atoms with Crippen molar-refractivity contribution in [2.75, 3.05) is 0 Å². The Morgan fingerprint density at radius 2 is 1.79 bits per heavy atom.